The molecular weight excluding hydrogens is 508 g/mol. The molecular formula is C12H9I2NO2S2. The molecule has 1 N–H and O–H groups in total. The third kappa shape index (κ3) is 3.82. The molecule has 2 rings (SSSR count). The minimum Gasteiger partial charge on any atom is -0.492 e. The summed E-state index contributed by atoms with van der Waals surface area (Å²) in [5.74, 6) is 0.661. The standard InChI is InChI=1S/C12H9I2NO2S2/c1-2-17-10-6(3-7(13)5-8(10)14)4-9-11(16)15-12(18)19-9/h3-5H,2H2,1H3,(H,15,16,18)/b9-4-. The van der Waals surface area contributed by atoms with Gasteiger partial charge in [-0.1, -0.05) is 24.0 Å². The maximum absolute atomic E-state index is 11.7. The minimum atomic E-state index is -0.147. The lowest BCUT2D eigenvalue weighted by Crippen LogP contribution is -2.17. The maximum Gasteiger partial charge on any atom is 0.263 e. The van der Waals surface area contributed by atoms with Gasteiger partial charge in [0.05, 0.1) is 15.1 Å². The van der Waals surface area contributed by atoms with Gasteiger partial charge in [0.15, 0.2) is 0 Å². The lowest BCUT2D eigenvalue weighted by Gasteiger charge is -2.10. The molecule has 0 radical (unpaired) electrons. The average Bonchev–Trinajstić information content (AvgIpc) is 2.62. The van der Waals surface area contributed by atoms with Crippen molar-refractivity contribution in [2.45, 2.75) is 6.92 Å². The number of halogens is 2. The Labute approximate surface area is 148 Å². The third-order valence-electron chi connectivity index (χ3n) is 2.25. The first-order valence-corrected chi connectivity index (χ1v) is 8.76. The summed E-state index contributed by atoms with van der Waals surface area (Å²) in [4.78, 5) is 12.3. The van der Waals surface area contributed by atoms with Gasteiger partial charge in [-0.2, -0.15) is 0 Å². The molecule has 100 valence electrons. The molecule has 1 saturated heterocycles. The molecule has 1 heterocycles. The largest absolute Gasteiger partial charge is 0.492 e. The zero-order valence-corrected chi connectivity index (χ0v) is 15.8. The summed E-state index contributed by atoms with van der Waals surface area (Å²) in [7, 11) is 0. The van der Waals surface area contributed by atoms with Crippen LogP contribution in [-0.4, -0.2) is 16.8 Å². The Morgan fingerprint density at radius 2 is 2.21 bits per heavy atom. The van der Waals surface area contributed by atoms with E-state index in [2.05, 4.69) is 50.5 Å². The molecule has 7 heteroatoms. The molecule has 3 nitrogen and oxygen atoms in total. The molecule has 0 saturated carbocycles. The van der Waals surface area contributed by atoms with Crippen LogP contribution >= 0.6 is 69.2 Å². The van der Waals surface area contributed by atoms with E-state index in [4.69, 9.17) is 17.0 Å². The van der Waals surface area contributed by atoms with Gasteiger partial charge in [0.2, 0.25) is 0 Å². The second kappa shape index (κ2) is 6.72. The summed E-state index contributed by atoms with van der Waals surface area (Å²) in [6.07, 6.45) is 1.83. The van der Waals surface area contributed by atoms with Crippen LogP contribution in [0.2, 0.25) is 0 Å². The quantitative estimate of drug-likeness (QED) is 0.377. The fourth-order valence-corrected chi connectivity index (χ4v) is 4.63. The van der Waals surface area contributed by atoms with E-state index >= 15 is 0 Å². The number of amides is 1. The minimum absolute atomic E-state index is 0.147. The van der Waals surface area contributed by atoms with Gasteiger partial charge in [-0.15, -0.1) is 0 Å². The molecule has 0 aromatic heterocycles. The topological polar surface area (TPSA) is 38.3 Å². The number of ether oxygens (including phenoxy) is 1. The predicted molar refractivity (Wildman–Crippen MR) is 99.4 cm³/mol. The number of hydrogen-bond donors (Lipinski definition) is 1. The van der Waals surface area contributed by atoms with E-state index in [1.54, 1.807) is 0 Å². The zero-order valence-electron chi connectivity index (χ0n) is 9.83. The Balaban J connectivity index is 2.46. The summed E-state index contributed by atoms with van der Waals surface area (Å²) in [5.41, 5.74) is 0.903. The van der Waals surface area contributed by atoms with Crippen molar-refractivity contribution in [1.29, 1.82) is 0 Å². The van der Waals surface area contributed by atoms with Gasteiger partial charge in [0.25, 0.3) is 5.91 Å². The van der Waals surface area contributed by atoms with Crippen molar-refractivity contribution in [1.82, 2.24) is 5.32 Å². The van der Waals surface area contributed by atoms with Crippen molar-refractivity contribution in [3.63, 3.8) is 0 Å². The lowest BCUT2D eigenvalue weighted by molar-refractivity contribution is -0.115. The Bertz CT molecular complexity index is 587. The van der Waals surface area contributed by atoms with Crippen LogP contribution in [0.5, 0.6) is 5.75 Å². The lowest BCUT2D eigenvalue weighted by atomic mass is 10.2. The predicted octanol–water partition coefficient (Wildman–Crippen LogP) is 3.78. The van der Waals surface area contributed by atoms with Gasteiger partial charge in [-0.3, -0.25) is 4.79 Å². The molecule has 0 spiro atoms. The highest BCUT2D eigenvalue weighted by atomic mass is 127. The van der Waals surface area contributed by atoms with E-state index in [1.807, 2.05) is 25.1 Å². The van der Waals surface area contributed by atoms with Crippen molar-refractivity contribution < 1.29 is 9.53 Å². The molecule has 0 atom stereocenters. The van der Waals surface area contributed by atoms with Crippen LogP contribution in [0, 0.1) is 7.14 Å². The number of rotatable bonds is 3. The fraction of sp³-hybridized carbons (Fsp3) is 0.167. The molecule has 1 amide bonds. The summed E-state index contributed by atoms with van der Waals surface area (Å²) in [5, 5.41) is 2.61. The van der Waals surface area contributed by atoms with Gasteiger partial charge in [0, 0.05) is 9.13 Å². The highest BCUT2D eigenvalue weighted by molar-refractivity contribution is 14.1. The van der Waals surface area contributed by atoms with Gasteiger partial charge in [-0.05, 0) is 70.3 Å². The summed E-state index contributed by atoms with van der Waals surface area (Å²) in [6.45, 7) is 2.53. The Morgan fingerprint density at radius 1 is 1.47 bits per heavy atom. The van der Waals surface area contributed by atoms with Crippen LogP contribution in [0.15, 0.2) is 17.0 Å². The smallest absolute Gasteiger partial charge is 0.263 e. The SMILES string of the molecule is CCOc1c(I)cc(I)cc1/C=C1\SC(=S)NC1=O. The number of thioether (sulfide) groups is 1. The van der Waals surface area contributed by atoms with E-state index in [1.165, 1.54) is 11.8 Å². The van der Waals surface area contributed by atoms with Crippen molar-refractivity contribution in [3.05, 3.63) is 29.7 Å². The highest BCUT2D eigenvalue weighted by Crippen LogP contribution is 2.33. The number of hydrogen-bond acceptors (Lipinski definition) is 4. The van der Waals surface area contributed by atoms with E-state index in [-0.39, 0.29) is 5.91 Å². The monoisotopic (exact) mass is 517 g/mol. The van der Waals surface area contributed by atoms with E-state index in [0.717, 1.165) is 18.5 Å². The molecule has 1 aromatic rings. The van der Waals surface area contributed by atoms with Crippen molar-refractivity contribution in [2.24, 2.45) is 0 Å². The van der Waals surface area contributed by atoms with Crippen molar-refractivity contribution >= 4 is 85.5 Å². The molecule has 1 aliphatic rings. The average molecular weight is 517 g/mol. The molecule has 1 aromatic carbocycles. The summed E-state index contributed by atoms with van der Waals surface area (Å²) in [6, 6.07) is 4.04. The molecule has 0 unspecified atom stereocenters. The molecule has 0 bridgehead atoms. The zero-order chi connectivity index (χ0) is 14.0. The number of benzene rings is 1. The van der Waals surface area contributed by atoms with Crippen LogP contribution in [0.25, 0.3) is 6.08 Å². The Morgan fingerprint density at radius 3 is 2.79 bits per heavy atom. The fourth-order valence-electron chi connectivity index (χ4n) is 1.55. The molecule has 1 aliphatic heterocycles. The molecule has 0 aliphatic carbocycles. The van der Waals surface area contributed by atoms with Crippen LogP contribution in [0.3, 0.4) is 0 Å². The third-order valence-corrected chi connectivity index (χ3v) is 4.84. The van der Waals surface area contributed by atoms with Gasteiger partial charge >= 0.3 is 0 Å². The molecule has 19 heavy (non-hydrogen) atoms. The molecule has 1 fully saturated rings. The first-order chi connectivity index (χ1) is 9.01. The first-order valence-electron chi connectivity index (χ1n) is 5.38. The van der Waals surface area contributed by atoms with Gasteiger partial charge in [-0.25, -0.2) is 0 Å². The number of carbonyl (C=O) groups is 1. The Kier molecular flexibility index (Phi) is 5.49. The number of carbonyl (C=O) groups excluding carboxylic acids is 1. The van der Waals surface area contributed by atoms with Crippen molar-refractivity contribution in [3.8, 4) is 5.75 Å². The second-order valence-electron chi connectivity index (χ2n) is 3.59. The van der Waals surface area contributed by atoms with Gasteiger partial charge < -0.3 is 10.1 Å². The second-order valence-corrected chi connectivity index (χ2v) is 7.72. The van der Waals surface area contributed by atoms with Crippen LogP contribution in [0.1, 0.15) is 12.5 Å². The van der Waals surface area contributed by atoms with Crippen LogP contribution < -0.4 is 10.1 Å². The number of thiocarbonyl (C=S) groups is 1. The van der Waals surface area contributed by atoms with Crippen molar-refractivity contribution in [2.75, 3.05) is 6.61 Å². The maximum atomic E-state index is 11.7. The normalized spacial score (nSPS) is 16.9. The Hall–Kier alpha value is 0.130. The van der Waals surface area contributed by atoms with E-state index in [0.29, 0.717) is 15.8 Å². The van der Waals surface area contributed by atoms with E-state index < -0.39 is 0 Å². The van der Waals surface area contributed by atoms with Crippen LogP contribution in [0.4, 0.5) is 0 Å². The van der Waals surface area contributed by atoms with E-state index in [9.17, 15) is 4.79 Å². The van der Waals surface area contributed by atoms with Gasteiger partial charge in [0.1, 0.15) is 10.1 Å². The first kappa shape index (κ1) is 15.5. The highest BCUT2D eigenvalue weighted by Gasteiger charge is 2.23. The number of nitrogens with one attached hydrogen (secondary N) is 1. The summed E-state index contributed by atoms with van der Waals surface area (Å²) < 4.78 is 8.29. The van der Waals surface area contributed by atoms with Crippen LogP contribution in [-0.2, 0) is 4.79 Å². The summed E-state index contributed by atoms with van der Waals surface area (Å²) >= 11 is 10.7.